The molecule has 0 bridgehead atoms. The van der Waals surface area contributed by atoms with Gasteiger partial charge in [-0.15, -0.1) is 0 Å². The fraction of sp³-hybridized carbons (Fsp3) is 0.176. The summed E-state index contributed by atoms with van der Waals surface area (Å²) < 4.78 is 6.22. The minimum atomic E-state index is 0.755. The molecular formula is C17H16BrN3O. The Bertz CT molecular complexity index is 818. The lowest BCUT2D eigenvalue weighted by Gasteiger charge is -2.20. The largest absolute Gasteiger partial charge is 0.497 e. The molecule has 0 spiro atoms. The van der Waals surface area contributed by atoms with Gasteiger partial charge >= 0.3 is 0 Å². The molecule has 1 heterocycles. The molecule has 0 amide bonds. The molecule has 0 aliphatic heterocycles. The maximum absolute atomic E-state index is 5.21. The monoisotopic (exact) mass is 357 g/mol. The Labute approximate surface area is 137 Å². The van der Waals surface area contributed by atoms with Crippen molar-refractivity contribution in [3.63, 3.8) is 0 Å². The highest BCUT2D eigenvalue weighted by Crippen LogP contribution is 2.31. The van der Waals surface area contributed by atoms with E-state index in [-0.39, 0.29) is 0 Å². The predicted octanol–water partition coefficient (Wildman–Crippen LogP) is 4.48. The molecule has 0 unspecified atom stereocenters. The van der Waals surface area contributed by atoms with Crippen LogP contribution in [0.3, 0.4) is 0 Å². The molecule has 0 radical (unpaired) electrons. The number of hydrogen-bond donors (Lipinski definition) is 0. The summed E-state index contributed by atoms with van der Waals surface area (Å²) in [6.45, 7) is 1.91. The Morgan fingerprint density at radius 3 is 2.45 bits per heavy atom. The Balaban J connectivity index is 2.12. The van der Waals surface area contributed by atoms with E-state index in [0.29, 0.717) is 0 Å². The molecule has 0 atom stereocenters. The normalized spacial score (nSPS) is 10.7. The molecule has 0 fully saturated rings. The maximum Gasteiger partial charge on any atom is 0.144 e. The number of rotatable bonds is 3. The molecule has 1 aromatic heterocycles. The summed E-state index contributed by atoms with van der Waals surface area (Å²) in [4.78, 5) is 11.2. The standard InChI is InChI=1S/C17H16BrN3O/c1-11-19-16-9-4-12(18)10-15(16)17(20-11)21(2)13-5-7-14(22-3)8-6-13/h4-10H,1-3H3. The van der Waals surface area contributed by atoms with Crippen LogP contribution < -0.4 is 9.64 Å². The van der Waals surface area contributed by atoms with Crippen molar-refractivity contribution in [3.8, 4) is 5.75 Å². The summed E-state index contributed by atoms with van der Waals surface area (Å²) in [6.07, 6.45) is 0. The molecule has 4 nitrogen and oxygen atoms in total. The first-order valence-corrected chi connectivity index (χ1v) is 7.69. The van der Waals surface area contributed by atoms with Crippen LogP contribution in [-0.2, 0) is 0 Å². The molecule has 3 rings (SSSR count). The van der Waals surface area contributed by atoms with Crippen molar-refractivity contribution in [1.82, 2.24) is 9.97 Å². The number of hydrogen-bond acceptors (Lipinski definition) is 4. The molecular weight excluding hydrogens is 342 g/mol. The average Bonchev–Trinajstić information content (AvgIpc) is 2.54. The number of nitrogens with zero attached hydrogens (tertiary/aromatic N) is 3. The highest BCUT2D eigenvalue weighted by molar-refractivity contribution is 9.10. The number of methoxy groups -OCH3 is 1. The first-order chi connectivity index (χ1) is 10.6. The van der Waals surface area contributed by atoms with E-state index in [1.54, 1.807) is 7.11 Å². The van der Waals surface area contributed by atoms with Crippen LogP contribution in [0, 0.1) is 6.92 Å². The molecule has 5 heteroatoms. The molecule has 0 saturated heterocycles. The van der Waals surface area contributed by atoms with Crippen LogP contribution in [0.5, 0.6) is 5.75 Å². The Hall–Kier alpha value is -2.14. The van der Waals surface area contributed by atoms with E-state index in [4.69, 9.17) is 4.74 Å². The highest BCUT2D eigenvalue weighted by Gasteiger charge is 2.12. The minimum Gasteiger partial charge on any atom is -0.497 e. The van der Waals surface area contributed by atoms with Crippen molar-refractivity contribution in [3.05, 3.63) is 52.8 Å². The van der Waals surface area contributed by atoms with E-state index >= 15 is 0 Å². The third kappa shape index (κ3) is 2.76. The average molecular weight is 358 g/mol. The number of aromatic nitrogens is 2. The number of aryl methyl sites for hydroxylation is 1. The van der Waals surface area contributed by atoms with Gasteiger partial charge in [0.05, 0.1) is 12.6 Å². The summed E-state index contributed by atoms with van der Waals surface area (Å²) in [7, 11) is 3.67. The van der Waals surface area contributed by atoms with Crippen molar-refractivity contribution in [1.29, 1.82) is 0 Å². The number of ether oxygens (including phenoxy) is 1. The van der Waals surface area contributed by atoms with Crippen LogP contribution in [0.1, 0.15) is 5.82 Å². The van der Waals surface area contributed by atoms with Gasteiger partial charge in [0, 0.05) is 22.6 Å². The van der Waals surface area contributed by atoms with Gasteiger partial charge in [-0.3, -0.25) is 0 Å². The fourth-order valence-corrected chi connectivity index (χ4v) is 2.74. The predicted molar refractivity (Wildman–Crippen MR) is 93.0 cm³/mol. The van der Waals surface area contributed by atoms with Gasteiger partial charge in [-0.2, -0.15) is 0 Å². The third-order valence-electron chi connectivity index (χ3n) is 3.53. The number of halogens is 1. The lowest BCUT2D eigenvalue weighted by Crippen LogP contribution is -2.13. The number of benzene rings is 2. The quantitative estimate of drug-likeness (QED) is 0.692. The van der Waals surface area contributed by atoms with Gasteiger partial charge in [0.15, 0.2) is 0 Å². The number of anilines is 2. The second-order valence-corrected chi connectivity index (χ2v) is 5.93. The highest BCUT2D eigenvalue weighted by atomic mass is 79.9. The van der Waals surface area contributed by atoms with Gasteiger partial charge in [-0.05, 0) is 49.4 Å². The van der Waals surface area contributed by atoms with Crippen LogP contribution in [0.15, 0.2) is 46.9 Å². The van der Waals surface area contributed by atoms with Gasteiger partial charge < -0.3 is 9.64 Å². The molecule has 3 aromatic rings. The summed E-state index contributed by atoms with van der Waals surface area (Å²) >= 11 is 3.52. The summed E-state index contributed by atoms with van der Waals surface area (Å²) in [5.74, 6) is 2.47. The first-order valence-electron chi connectivity index (χ1n) is 6.90. The molecule has 22 heavy (non-hydrogen) atoms. The van der Waals surface area contributed by atoms with Crippen LogP contribution in [0.2, 0.25) is 0 Å². The molecule has 0 aliphatic carbocycles. The van der Waals surface area contributed by atoms with Gasteiger partial charge in [0.2, 0.25) is 0 Å². The smallest absolute Gasteiger partial charge is 0.144 e. The number of fused-ring (bicyclic) bond motifs is 1. The first kappa shape index (κ1) is 14.8. The maximum atomic E-state index is 5.21. The van der Waals surface area contributed by atoms with E-state index < -0.39 is 0 Å². The van der Waals surface area contributed by atoms with Crippen LogP contribution in [0.25, 0.3) is 10.9 Å². The second kappa shape index (κ2) is 5.93. The van der Waals surface area contributed by atoms with E-state index in [1.165, 1.54) is 0 Å². The third-order valence-corrected chi connectivity index (χ3v) is 4.02. The van der Waals surface area contributed by atoms with E-state index in [1.807, 2.05) is 56.4 Å². The molecule has 0 N–H and O–H groups in total. The zero-order valence-electron chi connectivity index (χ0n) is 12.7. The molecule has 0 saturated carbocycles. The molecule has 112 valence electrons. The second-order valence-electron chi connectivity index (χ2n) is 5.01. The summed E-state index contributed by atoms with van der Waals surface area (Å²) in [6, 6.07) is 14.0. The van der Waals surface area contributed by atoms with Crippen LogP contribution in [0.4, 0.5) is 11.5 Å². The lowest BCUT2D eigenvalue weighted by molar-refractivity contribution is 0.415. The Kier molecular flexibility index (Phi) is 3.98. The zero-order chi connectivity index (χ0) is 15.7. The topological polar surface area (TPSA) is 38.2 Å². The molecule has 0 aliphatic rings. The van der Waals surface area contributed by atoms with Crippen molar-refractivity contribution in [2.75, 3.05) is 19.1 Å². The summed E-state index contributed by atoms with van der Waals surface area (Å²) in [5.41, 5.74) is 1.98. The van der Waals surface area contributed by atoms with Crippen LogP contribution in [-0.4, -0.2) is 24.1 Å². The van der Waals surface area contributed by atoms with Crippen molar-refractivity contribution >= 4 is 38.3 Å². The van der Waals surface area contributed by atoms with E-state index in [2.05, 4.69) is 30.8 Å². The van der Waals surface area contributed by atoms with Gasteiger partial charge in [0.25, 0.3) is 0 Å². The lowest BCUT2D eigenvalue weighted by atomic mass is 10.2. The van der Waals surface area contributed by atoms with E-state index in [9.17, 15) is 0 Å². The van der Waals surface area contributed by atoms with Crippen molar-refractivity contribution < 1.29 is 4.74 Å². The van der Waals surface area contributed by atoms with E-state index in [0.717, 1.165) is 38.5 Å². The van der Waals surface area contributed by atoms with Crippen molar-refractivity contribution in [2.45, 2.75) is 6.92 Å². The zero-order valence-corrected chi connectivity index (χ0v) is 14.3. The summed E-state index contributed by atoms with van der Waals surface area (Å²) in [5, 5.41) is 1.01. The Morgan fingerprint density at radius 1 is 1.05 bits per heavy atom. The Morgan fingerprint density at radius 2 is 1.77 bits per heavy atom. The van der Waals surface area contributed by atoms with Crippen molar-refractivity contribution in [2.24, 2.45) is 0 Å². The minimum absolute atomic E-state index is 0.755. The van der Waals surface area contributed by atoms with Crippen LogP contribution >= 0.6 is 15.9 Å². The fourth-order valence-electron chi connectivity index (χ4n) is 2.38. The van der Waals surface area contributed by atoms with Gasteiger partial charge in [-0.1, -0.05) is 15.9 Å². The SMILES string of the molecule is COc1ccc(N(C)c2nc(C)nc3ccc(Br)cc23)cc1. The van der Waals surface area contributed by atoms with Gasteiger partial charge in [-0.25, -0.2) is 9.97 Å². The van der Waals surface area contributed by atoms with Gasteiger partial charge in [0.1, 0.15) is 17.4 Å². The molecule has 2 aromatic carbocycles.